The van der Waals surface area contributed by atoms with E-state index in [4.69, 9.17) is 0 Å². The minimum absolute atomic E-state index is 0.970. The van der Waals surface area contributed by atoms with Crippen molar-refractivity contribution in [1.82, 2.24) is 0 Å². The van der Waals surface area contributed by atoms with Crippen LogP contribution in [0.4, 0.5) is 0 Å². The standard InChI is InChI=1S/C17H32Si/c1-2-18(15-9-3-4-10-15,16-11-5-6-12-16)17-13-7-8-14-17/h15-17H,2-14H2,1H3. The lowest BCUT2D eigenvalue weighted by Gasteiger charge is -2.47. The second-order valence-electron chi connectivity index (χ2n) is 7.41. The molecule has 0 heterocycles. The molecule has 0 amide bonds. The van der Waals surface area contributed by atoms with E-state index in [-0.39, 0.29) is 0 Å². The monoisotopic (exact) mass is 264 g/mol. The van der Waals surface area contributed by atoms with Crippen LogP contribution in [0.2, 0.25) is 22.7 Å². The van der Waals surface area contributed by atoms with Gasteiger partial charge in [0.1, 0.15) is 0 Å². The van der Waals surface area contributed by atoms with Gasteiger partial charge >= 0.3 is 0 Å². The Labute approximate surface area is 115 Å². The molecule has 0 bridgehead atoms. The molecular formula is C17H32Si. The van der Waals surface area contributed by atoms with Crippen molar-refractivity contribution in [1.29, 1.82) is 0 Å². The summed E-state index contributed by atoms with van der Waals surface area (Å²) in [7, 11) is -0.970. The van der Waals surface area contributed by atoms with Gasteiger partial charge in [0.15, 0.2) is 0 Å². The van der Waals surface area contributed by atoms with E-state index in [1.165, 1.54) is 16.6 Å². The van der Waals surface area contributed by atoms with Crippen molar-refractivity contribution in [2.45, 2.75) is 107 Å². The zero-order valence-electron chi connectivity index (χ0n) is 12.4. The minimum atomic E-state index is -0.970. The topological polar surface area (TPSA) is 0 Å². The molecule has 3 aliphatic rings. The van der Waals surface area contributed by atoms with E-state index in [1.807, 2.05) is 0 Å². The van der Waals surface area contributed by atoms with E-state index >= 15 is 0 Å². The summed E-state index contributed by atoms with van der Waals surface area (Å²) in [4.78, 5) is 0. The number of hydrogen-bond acceptors (Lipinski definition) is 0. The van der Waals surface area contributed by atoms with Crippen molar-refractivity contribution in [3.05, 3.63) is 0 Å². The van der Waals surface area contributed by atoms with Crippen LogP contribution in [0.3, 0.4) is 0 Å². The molecule has 18 heavy (non-hydrogen) atoms. The SMILES string of the molecule is CC[Si](C1CCCC1)(C1CCCC1)C1CCCC1. The van der Waals surface area contributed by atoms with E-state index in [0.717, 1.165) is 0 Å². The van der Waals surface area contributed by atoms with Gasteiger partial charge in [-0.1, -0.05) is 90.0 Å². The van der Waals surface area contributed by atoms with Crippen LogP contribution in [0.5, 0.6) is 0 Å². The Balaban J connectivity index is 1.87. The average molecular weight is 265 g/mol. The fraction of sp³-hybridized carbons (Fsp3) is 1.00. The Morgan fingerprint density at radius 1 is 0.611 bits per heavy atom. The molecule has 3 fully saturated rings. The Hall–Kier alpha value is 0.217. The molecule has 0 aliphatic heterocycles. The van der Waals surface area contributed by atoms with Crippen molar-refractivity contribution in [2.24, 2.45) is 0 Å². The third-order valence-corrected chi connectivity index (χ3v) is 14.5. The van der Waals surface area contributed by atoms with Crippen LogP contribution < -0.4 is 0 Å². The van der Waals surface area contributed by atoms with Gasteiger partial charge in [-0.15, -0.1) is 0 Å². The van der Waals surface area contributed by atoms with Gasteiger partial charge in [-0.2, -0.15) is 0 Å². The fourth-order valence-electron chi connectivity index (χ4n) is 6.26. The van der Waals surface area contributed by atoms with E-state index < -0.39 is 8.07 Å². The molecule has 0 nitrogen and oxygen atoms in total. The minimum Gasteiger partial charge on any atom is -0.0677 e. The van der Waals surface area contributed by atoms with E-state index in [9.17, 15) is 0 Å². The van der Waals surface area contributed by atoms with E-state index in [0.29, 0.717) is 0 Å². The Kier molecular flexibility index (Phi) is 4.17. The maximum atomic E-state index is 2.60. The van der Waals surface area contributed by atoms with Gasteiger partial charge in [0.25, 0.3) is 0 Å². The highest BCUT2D eigenvalue weighted by Crippen LogP contribution is 2.60. The first-order valence-electron chi connectivity index (χ1n) is 8.88. The predicted molar refractivity (Wildman–Crippen MR) is 82.9 cm³/mol. The Bertz CT molecular complexity index is 214. The summed E-state index contributed by atoms with van der Waals surface area (Å²) in [5, 5.41) is 0. The molecule has 3 saturated carbocycles. The van der Waals surface area contributed by atoms with Gasteiger partial charge in [0, 0.05) is 0 Å². The average Bonchev–Trinajstić information content (AvgIpc) is 3.16. The Morgan fingerprint density at radius 2 is 0.889 bits per heavy atom. The molecule has 0 unspecified atom stereocenters. The number of rotatable bonds is 4. The molecule has 0 N–H and O–H groups in total. The molecule has 0 aromatic carbocycles. The third-order valence-electron chi connectivity index (χ3n) is 6.96. The highest BCUT2D eigenvalue weighted by atomic mass is 28.3. The summed E-state index contributed by atoms with van der Waals surface area (Å²) < 4.78 is 0. The number of hydrogen-bond donors (Lipinski definition) is 0. The third kappa shape index (κ3) is 2.11. The van der Waals surface area contributed by atoms with Crippen molar-refractivity contribution in [2.75, 3.05) is 0 Å². The fourth-order valence-corrected chi connectivity index (χ4v) is 14.4. The van der Waals surface area contributed by atoms with Gasteiger partial charge in [0.05, 0.1) is 8.07 Å². The van der Waals surface area contributed by atoms with Crippen LogP contribution in [0.1, 0.15) is 84.0 Å². The summed E-state index contributed by atoms with van der Waals surface area (Å²) in [5.74, 6) is 0. The molecule has 0 radical (unpaired) electrons. The predicted octanol–water partition coefficient (Wildman–Crippen LogP) is 6.29. The summed E-state index contributed by atoms with van der Waals surface area (Å²) in [6, 6.07) is 1.63. The van der Waals surface area contributed by atoms with Crippen LogP contribution in [-0.2, 0) is 0 Å². The second-order valence-corrected chi connectivity index (χ2v) is 12.8. The maximum Gasteiger partial charge on any atom is 0.0626 e. The quantitative estimate of drug-likeness (QED) is 0.524. The zero-order chi connectivity index (χ0) is 12.4. The molecule has 0 spiro atoms. The first-order valence-corrected chi connectivity index (χ1v) is 11.3. The first kappa shape index (κ1) is 13.2. The summed E-state index contributed by atoms with van der Waals surface area (Å²) in [6.45, 7) is 2.60. The molecule has 0 saturated heterocycles. The molecule has 104 valence electrons. The molecular weight excluding hydrogens is 232 g/mol. The highest BCUT2D eigenvalue weighted by Gasteiger charge is 2.52. The molecule has 1 heteroatoms. The van der Waals surface area contributed by atoms with Crippen LogP contribution in [0.25, 0.3) is 0 Å². The normalized spacial score (nSPS) is 28.5. The maximum absolute atomic E-state index is 2.60. The van der Waals surface area contributed by atoms with Gasteiger partial charge in [-0.05, 0) is 16.6 Å². The lowest BCUT2D eigenvalue weighted by Crippen LogP contribution is -2.46. The van der Waals surface area contributed by atoms with E-state index in [2.05, 4.69) is 6.92 Å². The Morgan fingerprint density at radius 3 is 1.11 bits per heavy atom. The van der Waals surface area contributed by atoms with E-state index in [1.54, 1.807) is 83.1 Å². The van der Waals surface area contributed by atoms with Gasteiger partial charge < -0.3 is 0 Å². The lowest BCUT2D eigenvalue weighted by molar-refractivity contribution is 0.667. The summed E-state index contributed by atoms with van der Waals surface area (Å²) in [5.41, 5.74) is 3.73. The lowest BCUT2D eigenvalue weighted by atomic mass is 10.3. The van der Waals surface area contributed by atoms with Crippen molar-refractivity contribution in [3.63, 3.8) is 0 Å². The summed E-state index contributed by atoms with van der Waals surface area (Å²) >= 11 is 0. The first-order chi connectivity index (χ1) is 8.88. The van der Waals surface area contributed by atoms with Gasteiger partial charge in [0.2, 0.25) is 0 Å². The van der Waals surface area contributed by atoms with Crippen molar-refractivity contribution >= 4 is 8.07 Å². The van der Waals surface area contributed by atoms with Crippen molar-refractivity contribution < 1.29 is 0 Å². The largest absolute Gasteiger partial charge is 0.0677 e. The molecule has 3 rings (SSSR count). The molecule has 0 aromatic heterocycles. The summed E-state index contributed by atoms with van der Waals surface area (Å²) in [6.07, 6.45) is 19.2. The van der Waals surface area contributed by atoms with Gasteiger partial charge in [-0.3, -0.25) is 0 Å². The molecule has 0 aromatic rings. The van der Waals surface area contributed by atoms with Crippen molar-refractivity contribution in [3.8, 4) is 0 Å². The van der Waals surface area contributed by atoms with Crippen LogP contribution in [0.15, 0.2) is 0 Å². The second kappa shape index (κ2) is 5.69. The molecule has 3 aliphatic carbocycles. The van der Waals surface area contributed by atoms with Crippen LogP contribution in [-0.4, -0.2) is 8.07 Å². The smallest absolute Gasteiger partial charge is 0.0626 e. The molecule has 0 atom stereocenters. The zero-order valence-corrected chi connectivity index (χ0v) is 13.4. The van der Waals surface area contributed by atoms with Crippen LogP contribution >= 0.6 is 0 Å². The van der Waals surface area contributed by atoms with Crippen LogP contribution in [0, 0.1) is 0 Å². The highest BCUT2D eigenvalue weighted by molar-refractivity contribution is 6.84. The van der Waals surface area contributed by atoms with Gasteiger partial charge in [-0.25, -0.2) is 0 Å².